The average molecular weight is 224 g/mol. The zero-order valence-electron chi connectivity index (χ0n) is 10.7. The van der Waals surface area contributed by atoms with Gasteiger partial charge in [0.05, 0.1) is 12.1 Å². The minimum absolute atomic E-state index is 0.187. The highest BCUT2D eigenvalue weighted by molar-refractivity contribution is 5.81. The van der Waals surface area contributed by atoms with E-state index in [1.165, 1.54) is 19.4 Å². The molecule has 0 aromatic heterocycles. The van der Waals surface area contributed by atoms with Crippen molar-refractivity contribution in [3.63, 3.8) is 0 Å². The van der Waals surface area contributed by atoms with Crippen molar-refractivity contribution in [1.82, 2.24) is 9.80 Å². The molecule has 2 rings (SSSR count). The van der Waals surface area contributed by atoms with Crippen LogP contribution < -0.4 is 5.73 Å². The van der Waals surface area contributed by atoms with Gasteiger partial charge in [0.1, 0.15) is 0 Å². The van der Waals surface area contributed by atoms with Crippen LogP contribution in [-0.2, 0) is 0 Å². The van der Waals surface area contributed by atoms with Crippen molar-refractivity contribution in [1.29, 1.82) is 0 Å². The topological polar surface area (TPSA) is 44.9 Å². The van der Waals surface area contributed by atoms with E-state index in [-0.39, 0.29) is 5.54 Å². The smallest absolute Gasteiger partial charge is 0.192 e. The van der Waals surface area contributed by atoms with Crippen LogP contribution in [0.25, 0.3) is 0 Å². The molecule has 2 aliphatic heterocycles. The summed E-state index contributed by atoms with van der Waals surface area (Å²) >= 11 is 0. The van der Waals surface area contributed by atoms with Crippen molar-refractivity contribution >= 4 is 5.96 Å². The Hall–Kier alpha value is -0.770. The van der Waals surface area contributed by atoms with E-state index < -0.39 is 0 Å². The van der Waals surface area contributed by atoms with Gasteiger partial charge in [0.25, 0.3) is 0 Å². The predicted molar refractivity (Wildman–Crippen MR) is 67.5 cm³/mol. The molecule has 2 atom stereocenters. The Kier molecular flexibility index (Phi) is 3.10. The summed E-state index contributed by atoms with van der Waals surface area (Å²) in [5.41, 5.74) is 6.25. The van der Waals surface area contributed by atoms with E-state index in [4.69, 9.17) is 5.73 Å². The number of hydrogen-bond donors (Lipinski definition) is 1. The van der Waals surface area contributed by atoms with Crippen molar-refractivity contribution in [2.24, 2.45) is 10.7 Å². The first-order valence-corrected chi connectivity index (χ1v) is 6.37. The van der Waals surface area contributed by atoms with Crippen LogP contribution in [0.3, 0.4) is 0 Å². The highest BCUT2D eigenvalue weighted by Crippen LogP contribution is 2.33. The van der Waals surface area contributed by atoms with Crippen LogP contribution in [0.4, 0.5) is 0 Å². The van der Waals surface area contributed by atoms with Crippen molar-refractivity contribution < 1.29 is 0 Å². The molecule has 92 valence electrons. The van der Waals surface area contributed by atoms with E-state index >= 15 is 0 Å². The maximum absolute atomic E-state index is 6.06. The van der Waals surface area contributed by atoms with Crippen molar-refractivity contribution in [2.75, 3.05) is 26.7 Å². The second-order valence-electron chi connectivity index (χ2n) is 5.37. The number of piperidine rings is 1. The molecule has 2 unspecified atom stereocenters. The second-order valence-corrected chi connectivity index (χ2v) is 5.37. The van der Waals surface area contributed by atoms with E-state index in [0.29, 0.717) is 6.04 Å². The lowest BCUT2D eigenvalue weighted by Crippen LogP contribution is -2.62. The van der Waals surface area contributed by atoms with Gasteiger partial charge in [0, 0.05) is 12.6 Å². The fourth-order valence-electron chi connectivity index (χ4n) is 3.16. The van der Waals surface area contributed by atoms with E-state index in [1.807, 2.05) is 0 Å². The Balaban J connectivity index is 2.20. The van der Waals surface area contributed by atoms with Gasteiger partial charge >= 0.3 is 0 Å². The first kappa shape index (κ1) is 11.7. The number of rotatable bonds is 2. The number of aliphatic imine (C=N–C) groups is 1. The fourth-order valence-corrected chi connectivity index (χ4v) is 3.16. The van der Waals surface area contributed by atoms with Gasteiger partial charge in [-0.3, -0.25) is 4.99 Å². The third-order valence-electron chi connectivity index (χ3n) is 4.07. The molecule has 2 N–H and O–H groups in total. The molecule has 2 heterocycles. The molecule has 1 saturated heterocycles. The van der Waals surface area contributed by atoms with Crippen LogP contribution in [0.1, 0.15) is 33.1 Å². The predicted octanol–water partition coefficient (Wildman–Crippen LogP) is 0.880. The molecule has 1 fully saturated rings. The summed E-state index contributed by atoms with van der Waals surface area (Å²) in [6, 6.07) is 0.498. The Morgan fingerprint density at radius 1 is 1.56 bits per heavy atom. The van der Waals surface area contributed by atoms with E-state index in [9.17, 15) is 0 Å². The third kappa shape index (κ3) is 1.79. The van der Waals surface area contributed by atoms with Crippen LogP contribution in [0.2, 0.25) is 0 Å². The van der Waals surface area contributed by atoms with Gasteiger partial charge < -0.3 is 15.5 Å². The van der Waals surface area contributed by atoms with Gasteiger partial charge in [-0.15, -0.1) is 0 Å². The zero-order valence-corrected chi connectivity index (χ0v) is 10.7. The average Bonchev–Trinajstić information content (AvgIpc) is 2.55. The van der Waals surface area contributed by atoms with Crippen LogP contribution in [0, 0.1) is 0 Å². The van der Waals surface area contributed by atoms with Gasteiger partial charge in [-0.05, 0) is 39.8 Å². The Morgan fingerprint density at radius 3 is 2.94 bits per heavy atom. The van der Waals surface area contributed by atoms with Crippen LogP contribution in [-0.4, -0.2) is 54.0 Å². The Labute approximate surface area is 98.5 Å². The molecular formula is C12H24N4. The number of nitrogens with two attached hydrogens (primary N) is 1. The van der Waals surface area contributed by atoms with E-state index in [1.54, 1.807) is 0 Å². The second kappa shape index (κ2) is 4.24. The number of likely N-dealkylation sites (N-methyl/N-ethyl adjacent to an activating group) is 1. The van der Waals surface area contributed by atoms with E-state index in [2.05, 4.69) is 35.7 Å². The number of likely N-dealkylation sites (tertiary alicyclic amines) is 1. The standard InChI is InChI=1S/C12H24N4/c1-4-10(2)16-11(13)14-8-12(16)6-5-7-15(3)9-12/h10H,4-9H2,1-3H3,(H2,13,14). The summed E-state index contributed by atoms with van der Waals surface area (Å²) in [5.74, 6) is 0.754. The third-order valence-corrected chi connectivity index (χ3v) is 4.07. The molecule has 0 aliphatic carbocycles. The summed E-state index contributed by atoms with van der Waals surface area (Å²) in [6.07, 6.45) is 3.61. The van der Waals surface area contributed by atoms with Crippen molar-refractivity contribution in [3.05, 3.63) is 0 Å². The summed E-state index contributed by atoms with van der Waals surface area (Å²) in [7, 11) is 2.20. The number of guanidine groups is 1. The quantitative estimate of drug-likeness (QED) is 0.757. The van der Waals surface area contributed by atoms with Gasteiger partial charge in [-0.1, -0.05) is 6.92 Å². The maximum Gasteiger partial charge on any atom is 0.192 e. The van der Waals surface area contributed by atoms with Crippen molar-refractivity contribution in [3.8, 4) is 0 Å². The monoisotopic (exact) mass is 224 g/mol. The fraction of sp³-hybridized carbons (Fsp3) is 0.917. The molecule has 1 spiro atoms. The summed E-state index contributed by atoms with van der Waals surface area (Å²) in [5, 5.41) is 0. The highest BCUT2D eigenvalue weighted by Gasteiger charge is 2.45. The molecule has 0 aromatic carbocycles. The molecular weight excluding hydrogens is 200 g/mol. The SMILES string of the molecule is CCC(C)N1C(N)=NCC12CCCN(C)C2. The molecule has 4 nitrogen and oxygen atoms in total. The van der Waals surface area contributed by atoms with Gasteiger partial charge in [-0.2, -0.15) is 0 Å². The molecule has 0 aromatic rings. The maximum atomic E-state index is 6.06. The lowest BCUT2D eigenvalue weighted by Gasteiger charge is -2.47. The van der Waals surface area contributed by atoms with Crippen LogP contribution in [0.5, 0.6) is 0 Å². The summed E-state index contributed by atoms with van der Waals surface area (Å²) in [4.78, 5) is 9.28. The highest BCUT2D eigenvalue weighted by atomic mass is 15.4. The molecule has 2 aliphatic rings. The van der Waals surface area contributed by atoms with Gasteiger partial charge in [0.15, 0.2) is 5.96 Å². The van der Waals surface area contributed by atoms with Crippen LogP contribution in [0.15, 0.2) is 4.99 Å². The first-order valence-electron chi connectivity index (χ1n) is 6.37. The number of hydrogen-bond acceptors (Lipinski definition) is 4. The zero-order chi connectivity index (χ0) is 11.8. The first-order chi connectivity index (χ1) is 7.59. The van der Waals surface area contributed by atoms with Gasteiger partial charge in [0.2, 0.25) is 0 Å². The lowest BCUT2D eigenvalue weighted by atomic mass is 9.87. The molecule has 4 heteroatoms. The normalized spacial score (nSPS) is 33.2. The largest absolute Gasteiger partial charge is 0.370 e. The molecule has 0 bridgehead atoms. The Morgan fingerprint density at radius 2 is 2.31 bits per heavy atom. The molecule has 0 saturated carbocycles. The van der Waals surface area contributed by atoms with E-state index in [0.717, 1.165) is 25.5 Å². The van der Waals surface area contributed by atoms with Crippen LogP contribution >= 0.6 is 0 Å². The molecule has 0 amide bonds. The minimum atomic E-state index is 0.187. The minimum Gasteiger partial charge on any atom is -0.370 e. The van der Waals surface area contributed by atoms with Gasteiger partial charge in [-0.25, -0.2) is 0 Å². The summed E-state index contributed by atoms with van der Waals surface area (Å²) in [6.45, 7) is 7.66. The summed E-state index contributed by atoms with van der Waals surface area (Å²) < 4.78 is 0. The molecule has 16 heavy (non-hydrogen) atoms. The lowest BCUT2D eigenvalue weighted by molar-refractivity contribution is 0.0653. The number of nitrogens with zero attached hydrogens (tertiary/aromatic N) is 3. The Bertz CT molecular complexity index is 289. The molecule has 0 radical (unpaired) electrons. The van der Waals surface area contributed by atoms with Crippen molar-refractivity contribution in [2.45, 2.75) is 44.7 Å².